The zero-order valence-electron chi connectivity index (χ0n) is 14.4. The molecule has 1 atom stereocenters. The molecule has 0 saturated carbocycles. The van der Waals surface area contributed by atoms with E-state index in [0.29, 0.717) is 16.9 Å². The van der Waals surface area contributed by atoms with Crippen LogP contribution in [0.1, 0.15) is 16.8 Å². The SMILES string of the molecule is COC(=O)CC1(C(=O)OC)Nc2ccccc2C(=O)N1c1ccccc1. The van der Waals surface area contributed by atoms with E-state index < -0.39 is 29.9 Å². The van der Waals surface area contributed by atoms with Crippen molar-refractivity contribution >= 4 is 29.2 Å². The molecular weight excluding hydrogens is 336 g/mol. The van der Waals surface area contributed by atoms with E-state index in [2.05, 4.69) is 5.32 Å². The highest BCUT2D eigenvalue weighted by atomic mass is 16.5. The van der Waals surface area contributed by atoms with Crippen molar-refractivity contribution in [2.45, 2.75) is 12.1 Å². The van der Waals surface area contributed by atoms with Crippen LogP contribution in [0.25, 0.3) is 0 Å². The van der Waals surface area contributed by atoms with Crippen LogP contribution >= 0.6 is 0 Å². The quantitative estimate of drug-likeness (QED) is 0.847. The van der Waals surface area contributed by atoms with Crippen molar-refractivity contribution in [3.8, 4) is 0 Å². The minimum atomic E-state index is -1.76. The first kappa shape index (κ1) is 17.5. The number of rotatable bonds is 4. The van der Waals surface area contributed by atoms with Gasteiger partial charge in [0, 0.05) is 11.4 Å². The summed E-state index contributed by atoms with van der Waals surface area (Å²) in [7, 11) is 2.43. The average Bonchev–Trinajstić information content (AvgIpc) is 2.68. The smallest absolute Gasteiger partial charge is 0.353 e. The Bertz CT molecular complexity index is 852. The number of esters is 2. The lowest BCUT2D eigenvalue weighted by Gasteiger charge is -2.45. The average molecular weight is 354 g/mol. The molecule has 0 bridgehead atoms. The van der Waals surface area contributed by atoms with E-state index in [1.807, 2.05) is 0 Å². The summed E-state index contributed by atoms with van der Waals surface area (Å²) in [4.78, 5) is 39.4. The first-order valence-corrected chi connectivity index (χ1v) is 7.95. The van der Waals surface area contributed by atoms with Gasteiger partial charge >= 0.3 is 11.9 Å². The lowest BCUT2D eigenvalue weighted by Crippen LogP contribution is -2.66. The van der Waals surface area contributed by atoms with E-state index in [-0.39, 0.29) is 0 Å². The molecule has 0 radical (unpaired) electrons. The second-order valence-corrected chi connectivity index (χ2v) is 5.75. The molecule has 7 heteroatoms. The predicted molar refractivity (Wildman–Crippen MR) is 94.7 cm³/mol. The van der Waals surface area contributed by atoms with Gasteiger partial charge in [0.05, 0.1) is 26.2 Å². The number of carbonyl (C=O) groups is 3. The molecule has 0 spiro atoms. The van der Waals surface area contributed by atoms with Gasteiger partial charge in [0.25, 0.3) is 5.91 Å². The Kier molecular flexibility index (Phi) is 4.62. The largest absolute Gasteiger partial charge is 0.469 e. The number of nitrogens with zero attached hydrogens (tertiary/aromatic N) is 1. The molecule has 7 nitrogen and oxygen atoms in total. The summed E-state index contributed by atoms with van der Waals surface area (Å²) < 4.78 is 9.71. The molecule has 1 unspecified atom stereocenters. The number of carbonyl (C=O) groups excluding carboxylic acids is 3. The topological polar surface area (TPSA) is 84.9 Å². The second-order valence-electron chi connectivity index (χ2n) is 5.75. The Hall–Kier alpha value is -3.35. The molecule has 1 heterocycles. The van der Waals surface area contributed by atoms with Gasteiger partial charge in [-0.2, -0.15) is 0 Å². The lowest BCUT2D eigenvalue weighted by molar-refractivity contribution is -0.152. The molecule has 1 amide bonds. The van der Waals surface area contributed by atoms with Crippen LogP contribution in [0, 0.1) is 0 Å². The predicted octanol–water partition coefficient (Wildman–Crippen LogP) is 2.19. The Balaban J connectivity index is 2.24. The van der Waals surface area contributed by atoms with Gasteiger partial charge in [-0.1, -0.05) is 30.3 Å². The number of nitrogens with one attached hydrogen (secondary N) is 1. The normalized spacial score (nSPS) is 18.5. The van der Waals surface area contributed by atoms with Crippen molar-refractivity contribution in [3.05, 3.63) is 60.2 Å². The summed E-state index contributed by atoms with van der Waals surface area (Å²) in [6.45, 7) is 0. The van der Waals surface area contributed by atoms with Crippen LogP contribution in [0.5, 0.6) is 0 Å². The molecule has 0 aliphatic carbocycles. The number of hydrogen-bond acceptors (Lipinski definition) is 6. The van der Waals surface area contributed by atoms with Gasteiger partial charge in [0.15, 0.2) is 0 Å². The maximum Gasteiger partial charge on any atom is 0.353 e. The minimum Gasteiger partial charge on any atom is -0.469 e. The van der Waals surface area contributed by atoms with Crippen molar-refractivity contribution in [3.63, 3.8) is 0 Å². The van der Waals surface area contributed by atoms with E-state index in [9.17, 15) is 14.4 Å². The number of benzene rings is 2. The van der Waals surface area contributed by atoms with Crippen LogP contribution in [0.15, 0.2) is 54.6 Å². The van der Waals surface area contributed by atoms with Crippen molar-refractivity contribution in [1.29, 1.82) is 0 Å². The standard InChI is InChI=1S/C19H18N2O5/c1-25-16(22)12-19(18(24)26-2)20-15-11-7-6-10-14(15)17(23)21(19)13-8-4-3-5-9-13/h3-11,20H,12H2,1-2H3. The van der Waals surface area contributed by atoms with E-state index in [4.69, 9.17) is 9.47 Å². The van der Waals surface area contributed by atoms with Gasteiger partial charge in [0.2, 0.25) is 5.66 Å². The number of fused-ring (bicyclic) bond motifs is 1. The number of hydrogen-bond donors (Lipinski definition) is 1. The molecule has 1 aliphatic rings. The first-order chi connectivity index (χ1) is 12.5. The molecule has 1 N–H and O–H groups in total. The molecule has 0 fully saturated rings. The van der Waals surface area contributed by atoms with Crippen LogP contribution in [0.3, 0.4) is 0 Å². The third kappa shape index (κ3) is 2.77. The zero-order valence-corrected chi connectivity index (χ0v) is 14.4. The number of ether oxygens (including phenoxy) is 2. The second kappa shape index (κ2) is 6.87. The number of amides is 1. The lowest BCUT2D eigenvalue weighted by atomic mass is 9.95. The highest BCUT2D eigenvalue weighted by Crippen LogP contribution is 2.37. The fraction of sp³-hybridized carbons (Fsp3) is 0.211. The molecule has 134 valence electrons. The molecular formula is C19H18N2O5. The van der Waals surface area contributed by atoms with Crippen LogP contribution in [0.2, 0.25) is 0 Å². The maximum atomic E-state index is 13.2. The van der Waals surface area contributed by atoms with Crippen LogP contribution in [-0.4, -0.2) is 37.7 Å². The fourth-order valence-corrected chi connectivity index (χ4v) is 3.05. The van der Waals surface area contributed by atoms with Gasteiger partial charge in [-0.25, -0.2) is 4.79 Å². The van der Waals surface area contributed by atoms with Crippen LogP contribution in [0.4, 0.5) is 11.4 Å². The molecule has 2 aromatic carbocycles. The zero-order chi connectivity index (χ0) is 18.7. The number of para-hydroxylation sites is 2. The third-order valence-corrected chi connectivity index (χ3v) is 4.25. The Labute approximate surface area is 150 Å². The molecule has 2 aromatic rings. The van der Waals surface area contributed by atoms with Crippen molar-refractivity contribution in [1.82, 2.24) is 0 Å². The first-order valence-electron chi connectivity index (χ1n) is 7.95. The monoisotopic (exact) mass is 354 g/mol. The fourth-order valence-electron chi connectivity index (χ4n) is 3.05. The Morgan fingerprint density at radius 3 is 2.31 bits per heavy atom. The van der Waals surface area contributed by atoms with Gasteiger partial charge in [-0.3, -0.25) is 14.5 Å². The molecule has 0 saturated heterocycles. The molecule has 0 aromatic heterocycles. The van der Waals surface area contributed by atoms with Gasteiger partial charge in [0.1, 0.15) is 0 Å². The number of methoxy groups -OCH3 is 2. The van der Waals surface area contributed by atoms with Gasteiger partial charge in [-0.15, -0.1) is 0 Å². The van der Waals surface area contributed by atoms with Crippen molar-refractivity contribution < 1.29 is 23.9 Å². The minimum absolute atomic E-state index is 0.390. The summed E-state index contributed by atoms with van der Waals surface area (Å²) in [5.74, 6) is -1.84. The highest BCUT2D eigenvalue weighted by Gasteiger charge is 2.54. The summed E-state index contributed by atoms with van der Waals surface area (Å²) in [6.07, 6.45) is -0.412. The summed E-state index contributed by atoms with van der Waals surface area (Å²) >= 11 is 0. The Morgan fingerprint density at radius 2 is 1.65 bits per heavy atom. The van der Waals surface area contributed by atoms with Crippen LogP contribution < -0.4 is 10.2 Å². The molecule has 1 aliphatic heterocycles. The molecule has 26 heavy (non-hydrogen) atoms. The summed E-state index contributed by atoms with van der Waals surface area (Å²) in [6, 6.07) is 15.4. The summed E-state index contributed by atoms with van der Waals surface area (Å²) in [5.41, 5.74) is -0.470. The van der Waals surface area contributed by atoms with Crippen molar-refractivity contribution in [2.75, 3.05) is 24.4 Å². The van der Waals surface area contributed by atoms with Gasteiger partial charge in [-0.05, 0) is 24.3 Å². The molecule has 3 rings (SSSR count). The van der Waals surface area contributed by atoms with Crippen molar-refractivity contribution in [2.24, 2.45) is 0 Å². The van der Waals surface area contributed by atoms with Crippen LogP contribution in [-0.2, 0) is 19.1 Å². The van der Waals surface area contributed by atoms with E-state index in [1.165, 1.54) is 19.1 Å². The third-order valence-electron chi connectivity index (χ3n) is 4.25. The van der Waals surface area contributed by atoms with E-state index in [1.54, 1.807) is 54.6 Å². The maximum absolute atomic E-state index is 13.2. The van der Waals surface area contributed by atoms with E-state index >= 15 is 0 Å². The summed E-state index contributed by atoms with van der Waals surface area (Å²) in [5, 5.41) is 3.04. The highest BCUT2D eigenvalue weighted by molar-refractivity contribution is 6.17. The van der Waals surface area contributed by atoms with E-state index in [0.717, 1.165) is 0 Å². The van der Waals surface area contributed by atoms with Gasteiger partial charge < -0.3 is 14.8 Å². The Morgan fingerprint density at radius 1 is 1.00 bits per heavy atom. The number of anilines is 2.